The van der Waals surface area contributed by atoms with Crippen LogP contribution in [0.3, 0.4) is 0 Å². The van der Waals surface area contributed by atoms with Gasteiger partial charge in [0, 0.05) is 19.6 Å². The second-order valence-corrected chi connectivity index (χ2v) is 5.69. The number of ether oxygens (including phenoxy) is 1. The van der Waals surface area contributed by atoms with Gasteiger partial charge in [-0.25, -0.2) is 4.79 Å². The molecule has 1 aliphatic rings. The number of benzene rings is 1. The number of nitrogens with one attached hydrogen (secondary N) is 1. The Bertz CT molecular complexity index is 547. The lowest BCUT2D eigenvalue weighted by molar-refractivity contribution is -0.143. The Kier molecular flexibility index (Phi) is 6.26. The molecule has 2 rings (SSSR count). The molecular weight excluding hydrogens is 296 g/mol. The molecule has 1 unspecified atom stereocenters. The van der Waals surface area contributed by atoms with Gasteiger partial charge in [-0.3, -0.25) is 4.79 Å². The number of rotatable bonds is 6. The van der Waals surface area contributed by atoms with E-state index in [1.165, 1.54) is 0 Å². The van der Waals surface area contributed by atoms with Crippen molar-refractivity contribution in [1.29, 1.82) is 0 Å². The molecule has 126 valence electrons. The van der Waals surface area contributed by atoms with Crippen molar-refractivity contribution in [3.8, 4) is 5.75 Å². The molecule has 1 atom stereocenters. The lowest BCUT2D eigenvalue weighted by Gasteiger charge is -2.30. The molecule has 6 nitrogen and oxygen atoms in total. The summed E-state index contributed by atoms with van der Waals surface area (Å²) in [6, 6.07) is 7.62. The number of aliphatic carboxylic acids is 1. The molecule has 2 amide bonds. The van der Waals surface area contributed by atoms with Gasteiger partial charge in [0.25, 0.3) is 0 Å². The molecule has 0 radical (unpaired) electrons. The molecule has 1 aliphatic heterocycles. The number of amides is 2. The summed E-state index contributed by atoms with van der Waals surface area (Å²) in [6.45, 7) is 3.99. The summed E-state index contributed by atoms with van der Waals surface area (Å²) in [6.07, 6.45) is 2.09. The van der Waals surface area contributed by atoms with Crippen molar-refractivity contribution in [3.05, 3.63) is 29.8 Å². The summed E-state index contributed by atoms with van der Waals surface area (Å²) in [5, 5.41) is 11.9. The van der Waals surface area contributed by atoms with Crippen molar-refractivity contribution < 1.29 is 19.4 Å². The number of nitrogens with zero attached hydrogens (tertiary/aromatic N) is 1. The minimum absolute atomic E-state index is 0.183. The van der Waals surface area contributed by atoms with Crippen molar-refractivity contribution in [2.75, 3.05) is 26.2 Å². The number of carbonyl (C=O) groups excluding carboxylic acids is 1. The predicted molar refractivity (Wildman–Crippen MR) is 86.6 cm³/mol. The van der Waals surface area contributed by atoms with Crippen molar-refractivity contribution >= 4 is 12.0 Å². The molecule has 1 aromatic rings. The first-order chi connectivity index (χ1) is 11.1. The predicted octanol–water partition coefficient (Wildman–Crippen LogP) is 2.13. The van der Waals surface area contributed by atoms with Gasteiger partial charge in [0.1, 0.15) is 5.75 Å². The van der Waals surface area contributed by atoms with Crippen LogP contribution in [0.2, 0.25) is 0 Å². The monoisotopic (exact) mass is 320 g/mol. The molecule has 0 aliphatic carbocycles. The number of hydrogen-bond acceptors (Lipinski definition) is 3. The highest BCUT2D eigenvalue weighted by Gasteiger charge is 2.27. The Morgan fingerprint density at radius 3 is 3.00 bits per heavy atom. The number of carbonyl (C=O) groups is 2. The van der Waals surface area contributed by atoms with E-state index in [1.807, 2.05) is 31.2 Å². The second-order valence-electron chi connectivity index (χ2n) is 5.69. The van der Waals surface area contributed by atoms with E-state index in [2.05, 4.69) is 5.32 Å². The van der Waals surface area contributed by atoms with Gasteiger partial charge in [-0.1, -0.05) is 12.1 Å². The normalized spacial score (nSPS) is 17.6. The van der Waals surface area contributed by atoms with Gasteiger partial charge >= 0.3 is 12.0 Å². The van der Waals surface area contributed by atoms with Crippen LogP contribution in [0.1, 0.15) is 25.3 Å². The number of likely N-dealkylation sites (tertiary alicyclic amines) is 1. The Hall–Kier alpha value is -2.24. The van der Waals surface area contributed by atoms with Crippen LogP contribution in [0.5, 0.6) is 5.75 Å². The third-order valence-electron chi connectivity index (χ3n) is 3.96. The van der Waals surface area contributed by atoms with Gasteiger partial charge in [0.2, 0.25) is 0 Å². The van der Waals surface area contributed by atoms with E-state index in [0.29, 0.717) is 39.1 Å². The van der Waals surface area contributed by atoms with E-state index in [1.54, 1.807) is 4.90 Å². The first-order valence-electron chi connectivity index (χ1n) is 8.07. The van der Waals surface area contributed by atoms with E-state index in [9.17, 15) is 9.59 Å². The molecule has 1 aromatic carbocycles. The highest BCUT2D eigenvalue weighted by atomic mass is 16.5. The molecule has 1 fully saturated rings. The molecule has 0 bridgehead atoms. The lowest BCUT2D eigenvalue weighted by atomic mass is 9.99. The molecular formula is C17H24N2O4. The van der Waals surface area contributed by atoms with Gasteiger partial charge in [-0.15, -0.1) is 0 Å². The fraction of sp³-hybridized carbons (Fsp3) is 0.529. The maximum absolute atomic E-state index is 12.1. The fourth-order valence-electron chi connectivity index (χ4n) is 2.75. The topological polar surface area (TPSA) is 78.9 Å². The van der Waals surface area contributed by atoms with Gasteiger partial charge in [-0.05, 0) is 43.9 Å². The fourth-order valence-corrected chi connectivity index (χ4v) is 2.75. The standard InChI is InChI=1S/C17H24N2O4/c1-2-23-15-7-3-5-13(11-15)8-9-18-17(22)19-10-4-6-14(12-19)16(20)21/h3,5,7,11,14H,2,4,6,8-10,12H2,1H3,(H,18,22)(H,20,21). The molecule has 0 aromatic heterocycles. The van der Waals surface area contributed by atoms with Crippen LogP contribution in [0, 0.1) is 5.92 Å². The van der Waals surface area contributed by atoms with E-state index in [4.69, 9.17) is 9.84 Å². The number of carboxylic acid groups (broad SMARTS) is 1. The molecule has 1 heterocycles. The smallest absolute Gasteiger partial charge is 0.317 e. The van der Waals surface area contributed by atoms with E-state index in [-0.39, 0.29) is 6.03 Å². The van der Waals surface area contributed by atoms with Gasteiger partial charge in [0.05, 0.1) is 12.5 Å². The van der Waals surface area contributed by atoms with E-state index < -0.39 is 11.9 Å². The largest absolute Gasteiger partial charge is 0.494 e. The van der Waals surface area contributed by atoms with Gasteiger partial charge in [-0.2, -0.15) is 0 Å². The zero-order chi connectivity index (χ0) is 16.7. The summed E-state index contributed by atoms with van der Waals surface area (Å²) < 4.78 is 5.45. The Balaban J connectivity index is 1.78. The highest BCUT2D eigenvalue weighted by Crippen LogP contribution is 2.17. The van der Waals surface area contributed by atoms with Crippen molar-refractivity contribution in [2.45, 2.75) is 26.2 Å². The molecule has 6 heteroatoms. The summed E-state index contributed by atoms with van der Waals surface area (Å²) in [5.41, 5.74) is 1.10. The van der Waals surface area contributed by atoms with Crippen molar-refractivity contribution in [1.82, 2.24) is 10.2 Å². The Labute approximate surface area is 136 Å². The van der Waals surface area contributed by atoms with Crippen LogP contribution in [0.4, 0.5) is 4.79 Å². The quantitative estimate of drug-likeness (QED) is 0.841. The van der Waals surface area contributed by atoms with Crippen molar-refractivity contribution in [2.24, 2.45) is 5.92 Å². The number of urea groups is 1. The second kappa shape index (κ2) is 8.41. The van der Waals surface area contributed by atoms with Crippen LogP contribution >= 0.6 is 0 Å². The zero-order valence-corrected chi connectivity index (χ0v) is 13.5. The summed E-state index contributed by atoms with van der Waals surface area (Å²) in [7, 11) is 0. The minimum atomic E-state index is -0.824. The molecule has 2 N–H and O–H groups in total. The van der Waals surface area contributed by atoms with Crippen LogP contribution in [-0.4, -0.2) is 48.2 Å². The summed E-state index contributed by atoms with van der Waals surface area (Å²) >= 11 is 0. The Morgan fingerprint density at radius 1 is 1.43 bits per heavy atom. The molecule has 1 saturated heterocycles. The van der Waals surface area contributed by atoms with Crippen LogP contribution in [0.15, 0.2) is 24.3 Å². The summed E-state index contributed by atoms with van der Waals surface area (Å²) in [4.78, 5) is 24.8. The van der Waals surface area contributed by atoms with Crippen molar-refractivity contribution in [3.63, 3.8) is 0 Å². The van der Waals surface area contributed by atoms with Crippen LogP contribution < -0.4 is 10.1 Å². The minimum Gasteiger partial charge on any atom is -0.494 e. The van der Waals surface area contributed by atoms with Gasteiger partial charge in [0.15, 0.2) is 0 Å². The van der Waals surface area contributed by atoms with Crippen LogP contribution in [0.25, 0.3) is 0 Å². The molecule has 0 spiro atoms. The first-order valence-corrected chi connectivity index (χ1v) is 8.07. The highest BCUT2D eigenvalue weighted by molar-refractivity contribution is 5.76. The average molecular weight is 320 g/mol. The SMILES string of the molecule is CCOc1cccc(CCNC(=O)N2CCCC(C(=O)O)C2)c1. The maximum atomic E-state index is 12.1. The summed E-state index contributed by atoms with van der Waals surface area (Å²) in [5.74, 6) is -0.440. The first kappa shape index (κ1) is 17.1. The lowest BCUT2D eigenvalue weighted by Crippen LogP contribution is -2.47. The number of hydrogen-bond donors (Lipinski definition) is 2. The zero-order valence-electron chi connectivity index (χ0n) is 13.5. The van der Waals surface area contributed by atoms with Gasteiger partial charge < -0.3 is 20.1 Å². The van der Waals surface area contributed by atoms with E-state index in [0.717, 1.165) is 17.7 Å². The van der Waals surface area contributed by atoms with Crippen LogP contribution in [-0.2, 0) is 11.2 Å². The average Bonchev–Trinajstić information content (AvgIpc) is 2.55. The molecule has 23 heavy (non-hydrogen) atoms. The third-order valence-corrected chi connectivity index (χ3v) is 3.96. The van der Waals surface area contributed by atoms with E-state index >= 15 is 0 Å². The number of carboxylic acids is 1. The maximum Gasteiger partial charge on any atom is 0.317 e. The molecule has 0 saturated carbocycles. The number of piperidine rings is 1. The third kappa shape index (κ3) is 5.16. The Morgan fingerprint density at radius 2 is 2.26 bits per heavy atom.